The number of amides is 1. The Bertz CT molecular complexity index is 742. The minimum absolute atomic E-state index is 0.132. The third kappa shape index (κ3) is 3.79. The molecule has 0 fully saturated rings. The van der Waals surface area contributed by atoms with Gasteiger partial charge in [0.05, 0.1) is 11.4 Å². The summed E-state index contributed by atoms with van der Waals surface area (Å²) in [5.74, 6) is 0.132. The molecule has 1 aliphatic heterocycles. The number of hydrazine groups is 1. The third-order valence-corrected chi connectivity index (χ3v) is 5.84. The highest BCUT2D eigenvalue weighted by Crippen LogP contribution is 2.49. The molecule has 3 rings (SSSR count). The average Bonchev–Trinajstić information content (AvgIpc) is 2.62. The van der Waals surface area contributed by atoms with E-state index >= 15 is 0 Å². The van der Waals surface area contributed by atoms with Gasteiger partial charge in [-0.25, -0.2) is 5.20 Å². The van der Waals surface area contributed by atoms with E-state index in [0.717, 1.165) is 34.1 Å². The Hall–Kier alpha value is -1.04. The van der Waals surface area contributed by atoms with E-state index in [1.54, 1.807) is 23.5 Å². The van der Waals surface area contributed by atoms with Crippen LogP contribution in [0.5, 0.6) is 0 Å². The van der Waals surface area contributed by atoms with Crippen LogP contribution in [-0.2, 0) is 4.79 Å². The van der Waals surface area contributed by atoms with E-state index in [-0.39, 0.29) is 5.91 Å². The zero-order chi connectivity index (χ0) is 16.9. The third-order valence-electron chi connectivity index (χ3n) is 3.78. The molecule has 1 heterocycles. The van der Waals surface area contributed by atoms with Gasteiger partial charge in [0.15, 0.2) is 0 Å². The van der Waals surface area contributed by atoms with Crippen molar-refractivity contribution < 1.29 is 4.79 Å². The maximum atomic E-state index is 12.9. The fraction of sp³-hybridized carbons (Fsp3) is 0.235. The molecular weight excluding hydrogens is 357 g/mol. The van der Waals surface area contributed by atoms with Crippen LogP contribution in [0.15, 0.2) is 57.2 Å². The Morgan fingerprint density at radius 1 is 1.21 bits per heavy atom. The van der Waals surface area contributed by atoms with Crippen LogP contribution in [0, 0.1) is 0 Å². The first kappa shape index (κ1) is 17.8. The van der Waals surface area contributed by atoms with E-state index in [1.165, 1.54) is 4.90 Å². The Kier molecular flexibility index (Phi) is 6.19. The first-order chi connectivity index (χ1) is 11.7. The van der Waals surface area contributed by atoms with Crippen molar-refractivity contribution in [3.05, 3.63) is 42.5 Å². The molecule has 1 amide bonds. The van der Waals surface area contributed by atoms with Crippen LogP contribution in [0.4, 0.5) is 11.4 Å². The van der Waals surface area contributed by atoms with Crippen molar-refractivity contribution >= 4 is 50.2 Å². The molecule has 0 aromatic heterocycles. The van der Waals surface area contributed by atoms with Crippen LogP contribution in [0.25, 0.3) is 0 Å². The summed E-state index contributed by atoms with van der Waals surface area (Å²) in [6.07, 6.45) is 3.34. The van der Waals surface area contributed by atoms with Gasteiger partial charge in [-0.15, -0.1) is 11.8 Å². The van der Waals surface area contributed by atoms with Crippen LogP contribution < -0.4 is 15.5 Å². The number of fused-ring (bicyclic) bond motifs is 2. The second-order valence-corrected chi connectivity index (χ2v) is 7.56. The van der Waals surface area contributed by atoms with Gasteiger partial charge in [0, 0.05) is 27.7 Å². The Balaban J connectivity index is 1.93. The number of carbonyl (C=O) groups excluding carboxylic acids is 1. The molecule has 1 unspecified atom stereocenters. The normalized spacial score (nSPS) is 12.7. The van der Waals surface area contributed by atoms with Crippen LogP contribution in [-0.4, -0.2) is 18.7 Å². The van der Waals surface area contributed by atoms with Crippen LogP contribution in [0.1, 0.15) is 12.8 Å². The highest BCUT2D eigenvalue weighted by Gasteiger charge is 2.27. The van der Waals surface area contributed by atoms with E-state index in [0.29, 0.717) is 6.42 Å². The Labute approximate surface area is 153 Å². The molecule has 0 saturated heterocycles. The molecule has 2 aromatic rings. The highest BCUT2D eigenvalue weighted by atomic mass is 32.2. The minimum atomic E-state index is 0.132. The molecule has 1 aliphatic rings. The van der Waals surface area contributed by atoms with Gasteiger partial charge in [0.2, 0.25) is 5.91 Å². The monoisotopic (exact) mass is 377 g/mol. The topological polar surface area (TPSA) is 44.4 Å². The second-order valence-electron chi connectivity index (χ2n) is 5.31. The van der Waals surface area contributed by atoms with Crippen molar-refractivity contribution in [2.45, 2.75) is 27.5 Å². The highest BCUT2D eigenvalue weighted by molar-refractivity contribution is 8.00. The molecule has 0 bridgehead atoms. The van der Waals surface area contributed by atoms with Gasteiger partial charge in [-0.3, -0.25) is 15.1 Å². The minimum Gasteiger partial charge on any atom is -0.279 e. The number of carbonyl (C=O) groups is 1. The smallest absolute Gasteiger partial charge is 0.231 e. The van der Waals surface area contributed by atoms with Gasteiger partial charge in [0.1, 0.15) is 0 Å². The summed E-state index contributed by atoms with van der Waals surface area (Å²) in [5.41, 5.74) is 4.97. The summed E-state index contributed by atoms with van der Waals surface area (Å²) < 4.78 is 0. The summed E-state index contributed by atoms with van der Waals surface area (Å²) in [4.78, 5) is 18.2. The van der Waals surface area contributed by atoms with E-state index in [1.807, 2.05) is 23.1 Å². The zero-order valence-corrected chi connectivity index (χ0v) is 16.2. The lowest BCUT2D eigenvalue weighted by Gasteiger charge is -2.31. The lowest BCUT2D eigenvalue weighted by Crippen LogP contribution is -2.30. The summed E-state index contributed by atoms with van der Waals surface area (Å²) in [6.45, 7) is 0.747. The SMILES string of the molecule is CSc1ccc2c(c1)N(C(=O)CCCNNP)c1ccccc1S2. The first-order valence-electron chi connectivity index (χ1n) is 7.71. The molecule has 1 atom stereocenters. The Morgan fingerprint density at radius 3 is 2.79 bits per heavy atom. The molecule has 0 aliphatic carbocycles. The standard InChI is InChI=1S/C17H20N3OPS2/c1-23-12-8-9-16-14(11-12)20(17(21)7-4-10-18-19-22)13-5-2-3-6-15(13)24-16/h2-3,5-6,8-9,11,18-19H,4,7,10,22H2,1H3. The van der Waals surface area contributed by atoms with Crippen LogP contribution in [0.2, 0.25) is 0 Å². The number of thioether (sulfide) groups is 1. The maximum Gasteiger partial charge on any atom is 0.231 e. The van der Waals surface area contributed by atoms with E-state index in [4.69, 9.17) is 0 Å². The van der Waals surface area contributed by atoms with Crippen molar-refractivity contribution in [1.29, 1.82) is 0 Å². The van der Waals surface area contributed by atoms with Crippen LogP contribution in [0.3, 0.4) is 0 Å². The van der Waals surface area contributed by atoms with Gasteiger partial charge in [-0.2, -0.15) is 0 Å². The first-order valence-corrected chi connectivity index (χ1v) is 10.3. The molecule has 126 valence electrons. The summed E-state index contributed by atoms with van der Waals surface area (Å²) in [6, 6.07) is 14.4. The number of para-hydroxylation sites is 1. The number of nitrogens with one attached hydrogen (secondary N) is 2. The van der Waals surface area contributed by atoms with Gasteiger partial charge in [-0.1, -0.05) is 33.3 Å². The molecule has 2 aromatic carbocycles. The fourth-order valence-corrected chi connectivity index (χ4v) is 4.26. The van der Waals surface area contributed by atoms with E-state index in [9.17, 15) is 4.79 Å². The van der Waals surface area contributed by atoms with Crippen molar-refractivity contribution in [3.8, 4) is 0 Å². The number of rotatable bonds is 6. The van der Waals surface area contributed by atoms with E-state index < -0.39 is 0 Å². The molecular formula is C17H20N3OPS2. The largest absolute Gasteiger partial charge is 0.279 e. The molecule has 2 N–H and O–H groups in total. The predicted molar refractivity (Wildman–Crippen MR) is 106 cm³/mol. The van der Waals surface area contributed by atoms with Crippen molar-refractivity contribution in [3.63, 3.8) is 0 Å². The molecule has 0 spiro atoms. The number of hydrogen-bond donors (Lipinski definition) is 2. The number of nitrogens with zero attached hydrogens (tertiary/aromatic N) is 1. The van der Waals surface area contributed by atoms with Crippen LogP contribution >= 0.6 is 32.9 Å². The van der Waals surface area contributed by atoms with Gasteiger partial charge in [-0.05, 0) is 43.0 Å². The van der Waals surface area contributed by atoms with Crippen molar-refractivity contribution in [1.82, 2.24) is 10.6 Å². The van der Waals surface area contributed by atoms with E-state index in [2.05, 4.69) is 50.5 Å². The fourth-order valence-electron chi connectivity index (χ4n) is 2.64. The number of anilines is 2. The van der Waals surface area contributed by atoms with Gasteiger partial charge >= 0.3 is 0 Å². The molecule has 4 nitrogen and oxygen atoms in total. The summed E-state index contributed by atoms with van der Waals surface area (Å²) >= 11 is 3.42. The summed E-state index contributed by atoms with van der Waals surface area (Å²) in [7, 11) is 2.39. The van der Waals surface area contributed by atoms with Gasteiger partial charge < -0.3 is 0 Å². The lowest BCUT2D eigenvalue weighted by molar-refractivity contribution is -0.118. The predicted octanol–water partition coefficient (Wildman–Crippen LogP) is 4.20. The van der Waals surface area contributed by atoms with Crippen molar-refractivity contribution in [2.75, 3.05) is 17.7 Å². The average molecular weight is 377 g/mol. The number of hydrogen-bond acceptors (Lipinski definition) is 5. The zero-order valence-electron chi connectivity index (χ0n) is 13.4. The molecule has 7 heteroatoms. The molecule has 0 saturated carbocycles. The number of benzene rings is 2. The second kappa shape index (κ2) is 8.37. The maximum absolute atomic E-state index is 12.9. The van der Waals surface area contributed by atoms with Gasteiger partial charge in [0.25, 0.3) is 0 Å². The Morgan fingerprint density at radius 2 is 2.00 bits per heavy atom. The van der Waals surface area contributed by atoms with Crippen molar-refractivity contribution in [2.24, 2.45) is 0 Å². The lowest BCUT2D eigenvalue weighted by atomic mass is 10.2. The quantitative estimate of drug-likeness (QED) is 0.342. The summed E-state index contributed by atoms with van der Waals surface area (Å²) in [5, 5.41) is 2.80. The molecule has 0 radical (unpaired) electrons. The molecule has 24 heavy (non-hydrogen) atoms.